The lowest BCUT2D eigenvalue weighted by Gasteiger charge is -2.32. The van der Waals surface area contributed by atoms with Crippen LogP contribution in [0.1, 0.15) is 38.8 Å². The number of carbonyl (C=O) groups is 1. The summed E-state index contributed by atoms with van der Waals surface area (Å²) < 4.78 is 5.40. The Balaban J connectivity index is 0.00000288. The summed E-state index contributed by atoms with van der Waals surface area (Å²) in [5.74, 6) is 0.0592. The molecule has 2 rings (SSSR count). The molecule has 0 bridgehead atoms. The molecule has 3 unspecified atom stereocenters. The molecule has 1 aromatic rings. The molecule has 0 radical (unpaired) electrons. The maximum Gasteiger partial charge on any atom is 0.241 e. The van der Waals surface area contributed by atoms with Crippen molar-refractivity contribution in [3.8, 4) is 0 Å². The lowest BCUT2D eigenvalue weighted by Crippen LogP contribution is -2.40. The summed E-state index contributed by atoms with van der Waals surface area (Å²) in [6.07, 6.45) is 0.893. The molecule has 5 nitrogen and oxygen atoms in total. The van der Waals surface area contributed by atoms with Crippen molar-refractivity contribution in [2.45, 2.75) is 39.3 Å². The van der Waals surface area contributed by atoms with E-state index in [1.54, 1.807) is 0 Å². The van der Waals surface area contributed by atoms with Crippen LogP contribution in [0.2, 0.25) is 0 Å². The maximum absolute atomic E-state index is 12.1. The first-order valence-corrected chi connectivity index (χ1v) is 8.51. The van der Waals surface area contributed by atoms with Crippen LogP contribution in [-0.4, -0.2) is 43.2 Å². The molecule has 1 aliphatic heterocycles. The van der Waals surface area contributed by atoms with Crippen molar-refractivity contribution in [1.29, 1.82) is 0 Å². The SMILES string of the molecule is CCC(C)C(N)C(=O)Nc1ccc(C(C)N2CCOCC2)cc1.Cl.Cl. The van der Waals surface area contributed by atoms with Gasteiger partial charge in [-0.25, -0.2) is 0 Å². The van der Waals surface area contributed by atoms with Gasteiger partial charge in [0.15, 0.2) is 0 Å². The van der Waals surface area contributed by atoms with E-state index in [1.807, 2.05) is 26.0 Å². The van der Waals surface area contributed by atoms with E-state index in [1.165, 1.54) is 5.56 Å². The van der Waals surface area contributed by atoms with E-state index in [2.05, 4.69) is 29.3 Å². The smallest absolute Gasteiger partial charge is 0.241 e. The van der Waals surface area contributed by atoms with Gasteiger partial charge in [-0.15, -0.1) is 24.8 Å². The predicted molar refractivity (Wildman–Crippen MR) is 108 cm³/mol. The van der Waals surface area contributed by atoms with Crippen molar-refractivity contribution in [2.75, 3.05) is 31.6 Å². The Bertz CT molecular complexity index is 508. The first-order chi connectivity index (χ1) is 11.0. The molecule has 144 valence electrons. The molecule has 0 aromatic heterocycles. The largest absolute Gasteiger partial charge is 0.379 e. The zero-order valence-electron chi connectivity index (χ0n) is 15.2. The van der Waals surface area contributed by atoms with Crippen LogP contribution in [0, 0.1) is 5.92 Å². The fourth-order valence-corrected chi connectivity index (χ4v) is 2.76. The molecule has 1 fully saturated rings. The van der Waals surface area contributed by atoms with E-state index in [-0.39, 0.29) is 36.6 Å². The molecule has 1 heterocycles. The fraction of sp³-hybridized carbons (Fsp3) is 0.611. The predicted octanol–water partition coefficient (Wildman–Crippen LogP) is 3.24. The van der Waals surface area contributed by atoms with Crippen molar-refractivity contribution in [3.05, 3.63) is 29.8 Å². The molecule has 3 N–H and O–H groups in total. The molecule has 7 heteroatoms. The van der Waals surface area contributed by atoms with Crippen molar-refractivity contribution >= 4 is 36.4 Å². The van der Waals surface area contributed by atoms with E-state index in [0.717, 1.165) is 38.4 Å². The van der Waals surface area contributed by atoms with Crippen molar-refractivity contribution in [3.63, 3.8) is 0 Å². The summed E-state index contributed by atoms with van der Waals surface area (Å²) in [6, 6.07) is 7.94. The highest BCUT2D eigenvalue weighted by Gasteiger charge is 2.20. The molecular weight excluding hydrogens is 361 g/mol. The van der Waals surface area contributed by atoms with Gasteiger partial charge in [-0.3, -0.25) is 9.69 Å². The van der Waals surface area contributed by atoms with Gasteiger partial charge in [0.05, 0.1) is 19.3 Å². The number of nitrogens with one attached hydrogen (secondary N) is 1. The van der Waals surface area contributed by atoms with Gasteiger partial charge in [-0.2, -0.15) is 0 Å². The minimum absolute atomic E-state index is 0. The topological polar surface area (TPSA) is 67.6 Å². The summed E-state index contributed by atoms with van der Waals surface area (Å²) in [6.45, 7) is 9.76. The molecule has 1 saturated heterocycles. The average molecular weight is 392 g/mol. The van der Waals surface area contributed by atoms with Gasteiger partial charge in [-0.1, -0.05) is 32.4 Å². The molecule has 0 saturated carbocycles. The summed E-state index contributed by atoms with van der Waals surface area (Å²) in [7, 11) is 0. The highest BCUT2D eigenvalue weighted by Crippen LogP contribution is 2.23. The summed E-state index contributed by atoms with van der Waals surface area (Å²) >= 11 is 0. The van der Waals surface area contributed by atoms with E-state index >= 15 is 0 Å². The van der Waals surface area contributed by atoms with Gasteiger partial charge in [0.2, 0.25) is 5.91 Å². The van der Waals surface area contributed by atoms with Crippen LogP contribution in [0.5, 0.6) is 0 Å². The lowest BCUT2D eigenvalue weighted by atomic mass is 9.99. The number of amides is 1. The van der Waals surface area contributed by atoms with Crippen molar-refractivity contribution in [1.82, 2.24) is 4.90 Å². The van der Waals surface area contributed by atoms with Crippen LogP contribution < -0.4 is 11.1 Å². The molecule has 0 aliphatic carbocycles. The monoisotopic (exact) mass is 391 g/mol. The van der Waals surface area contributed by atoms with E-state index in [9.17, 15) is 4.79 Å². The van der Waals surface area contributed by atoms with Crippen molar-refractivity contribution in [2.24, 2.45) is 11.7 Å². The van der Waals surface area contributed by atoms with E-state index in [0.29, 0.717) is 6.04 Å². The number of hydrogen-bond donors (Lipinski definition) is 2. The Morgan fingerprint density at radius 3 is 2.28 bits per heavy atom. The molecular formula is C18H31Cl2N3O2. The Morgan fingerprint density at radius 1 is 1.20 bits per heavy atom. The normalized spacial score (nSPS) is 18.2. The van der Waals surface area contributed by atoms with Gasteiger partial charge in [0, 0.05) is 24.8 Å². The highest BCUT2D eigenvalue weighted by molar-refractivity contribution is 5.94. The first-order valence-electron chi connectivity index (χ1n) is 8.51. The molecule has 0 spiro atoms. The quantitative estimate of drug-likeness (QED) is 0.780. The third kappa shape index (κ3) is 6.76. The zero-order chi connectivity index (χ0) is 16.8. The Labute approximate surface area is 163 Å². The summed E-state index contributed by atoms with van der Waals surface area (Å²) in [5, 5.41) is 2.91. The number of rotatable bonds is 6. The zero-order valence-corrected chi connectivity index (χ0v) is 16.9. The molecule has 1 amide bonds. The van der Waals surface area contributed by atoms with Crippen LogP contribution in [0.3, 0.4) is 0 Å². The number of benzene rings is 1. The van der Waals surface area contributed by atoms with Gasteiger partial charge >= 0.3 is 0 Å². The fourth-order valence-electron chi connectivity index (χ4n) is 2.76. The van der Waals surface area contributed by atoms with Gasteiger partial charge in [0.1, 0.15) is 0 Å². The Kier molecular flexibility index (Phi) is 11.3. The maximum atomic E-state index is 12.1. The molecule has 1 aromatic carbocycles. The summed E-state index contributed by atoms with van der Waals surface area (Å²) in [4.78, 5) is 14.5. The third-order valence-corrected chi connectivity index (χ3v) is 4.81. The van der Waals surface area contributed by atoms with Crippen molar-refractivity contribution < 1.29 is 9.53 Å². The second-order valence-corrected chi connectivity index (χ2v) is 6.35. The van der Waals surface area contributed by atoms with Gasteiger partial charge in [-0.05, 0) is 30.5 Å². The molecule has 25 heavy (non-hydrogen) atoms. The number of nitrogens with two attached hydrogens (primary N) is 1. The van der Waals surface area contributed by atoms with Crippen LogP contribution in [0.15, 0.2) is 24.3 Å². The number of nitrogens with zero attached hydrogens (tertiary/aromatic N) is 1. The second-order valence-electron chi connectivity index (χ2n) is 6.35. The minimum Gasteiger partial charge on any atom is -0.379 e. The number of morpholine rings is 1. The third-order valence-electron chi connectivity index (χ3n) is 4.81. The lowest BCUT2D eigenvalue weighted by molar-refractivity contribution is -0.118. The Morgan fingerprint density at radius 2 is 1.76 bits per heavy atom. The summed E-state index contributed by atoms with van der Waals surface area (Å²) in [5.41, 5.74) is 8.01. The van der Waals surface area contributed by atoms with Crippen LogP contribution >= 0.6 is 24.8 Å². The number of ether oxygens (including phenoxy) is 1. The number of halogens is 2. The molecule has 1 aliphatic rings. The first kappa shape index (κ1) is 24.1. The van der Waals surface area contributed by atoms with Gasteiger partial charge in [0.25, 0.3) is 0 Å². The van der Waals surface area contributed by atoms with Crippen LogP contribution in [0.4, 0.5) is 5.69 Å². The number of anilines is 1. The van der Waals surface area contributed by atoms with E-state index < -0.39 is 6.04 Å². The Hall–Kier alpha value is -0.850. The standard InChI is InChI=1S/C18H29N3O2.2ClH/c1-4-13(2)17(19)18(22)20-16-7-5-15(6-8-16)14(3)21-9-11-23-12-10-21;;/h5-8,13-14,17H,4,9-12,19H2,1-3H3,(H,20,22);2*1H. The highest BCUT2D eigenvalue weighted by atomic mass is 35.5. The number of hydrogen-bond acceptors (Lipinski definition) is 4. The molecule has 3 atom stereocenters. The van der Waals surface area contributed by atoms with Crippen LogP contribution in [-0.2, 0) is 9.53 Å². The van der Waals surface area contributed by atoms with Gasteiger partial charge < -0.3 is 15.8 Å². The minimum atomic E-state index is -0.466. The average Bonchev–Trinajstić information content (AvgIpc) is 2.61. The number of carbonyl (C=O) groups excluding carboxylic acids is 1. The van der Waals surface area contributed by atoms with E-state index in [4.69, 9.17) is 10.5 Å². The van der Waals surface area contributed by atoms with Crippen LogP contribution in [0.25, 0.3) is 0 Å². The second kappa shape index (κ2) is 11.7.